The minimum absolute atomic E-state index is 0.161. The van der Waals surface area contributed by atoms with Crippen molar-refractivity contribution in [3.05, 3.63) is 66.0 Å². The zero-order valence-corrected chi connectivity index (χ0v) is 10.5. The Kier molecular flexibility index (Phi) is 3.85. The molecular weight excluding hydrogens is 248 g/mol. The molecule has 1 aromatic carbocycles. The fourth-order valence-electron chi connectivity index (χ4n) is 1.59. The Balaban J connectivity index is 2.17. The van der Waals surface area contributed by atoms with Gasteiger partial charge in [0.25, 0.3) is 5.91 Å². The normalized spacial score (nSPS) is 10.1. The molecule has 2 rings (SSSR count). The summed E-state index contributed by atoms with van der Waals surface area (Å²) in [5.41, 5.74) is 1.54. The molecule has 0 aliphatic rings. The van der Waals surface area contributed by atoms with Crippen LogP contribution in [-0.2, 0) is 0 Å². The van der Waals surface area contributed by atoms with Gasteiger partial charge in [-0.25, -0.2) is 0 Å². The predicted molar refractivity (Wildman–Crippen MR) is 73.1 cm³/mol. The SMILES string of the molecule is C=C(Cl)CNC(=O)c1cccc(-n2cccc2)c1. The molecule has 18 heavy (non-hydrogen) atoms. The zero-order valence-electron chi connectivity index (χ0n) is 9.77. The van der Waals surface area contributed by atoms with E-state index in [1.54, 1.807) is 6.07 Å². The van der Waals surface area contributed by atoms with Gasteiger partial charge in [-0.1, -0.05) is 24.2 Å². The van der Waals surface area contributed by atoms with Crippen LogP contribution in [0.2, 0.25) is 0 Å². The van der Waals surface area contributed by atoms with Crippen LogP contribution >= 0.6 is 11.6 Å². The van der Waals surface area contributed by atoms with E-state index in [2.05, 4.69) is 11.9 Å². The van der Waals surface area contributed by atoms with E-state index in [1.807, 2.05) is 47.3 Å². The molecule has 1 amide bonds. The van der Waals surface area contributed by atoms with E-state index in [1.165, 1.54) is 0 Å². The number of carbonyl (C=O) groups is 1. The van der Waals surface area contributed by atoms with Gasteiger partial charge in [0.2, 0.25) is 0 Å². The maximum absolute atomic E-state index is 11.9. The number of carbonyl (C=O) groups excluding carboxylic acids is 1. The number of rotatable bonds is 4. The maximum atomic E-state index is 11.9. The molecule has 1 N–H and O–H groups in total. The van der Waals surface area contributed by atoms with Gasteiger partial charge in [-0.3, -0.25) is 4.79 Å². The molecule has 0 fully saturated rings. The highest BCUT2D eigenvalue weighted by Crippen LogP contribution is 2.11. The fraction of sp³-hybridized carbons (Fsp3) is 0.0714. The summed E-state index contributed by atoms with van der Waals surface area (Å²) in [5.74, 6) is -0.161. The number of benzene rings is 1. The van der Waals surface area contributed by atoms with Gasteiger partial charge in [0, 0.05) is 28.7 Å². The molecule has 0 radical (unpaired) electrons. The first-order chi connectivity index (χ1) is 8.66. The average Bonchev–Trinajstić information content (AvgIpc) is 2.90. The molecule has 0 saturated heterocycles. The number of halogens is 1. The Morgan fingerprint density at radius 3 is 2.67 bits per heavy atom. The van der Waals surface area contributed by atoms with E-state index in [-0.39, 0.29) is 12.5 Å². The van der Waals surface area contributed by atoms with Crippen LogP contribution in [0.15, 0.2) is 60.4 Å². The number of hydrogen-bond acceptors (Lipinski definition) is 1. The molecule has 0 unspecified atom stereocenters. The third-order valence-electron chi connectivity index (χ3n) is 2.45. The number of aromatic nitrogens is 1. The first-order valence-electron chi connectivity index (χ1n) is 5.52. The predicted octanol–water partition coefficient (Wildman–Crippen LogP) is 2.96. The summed E-state index contributed by atoms with van der Waals surface area (Å²) < 4.78 is 1.94. The minimum Gasteiger partial charge on any atom is -0.347 e. The summed E-state index contributed by atoms with van der Waals surface area (Å²) in [4.78, 5) is 11.9. The van der Waals surface area contributed by atoms with Crippen molar-refractivity contribution in [2.24, 2.45) is 0 Å². The second kappa shape index (κ2) is 5.56. The van der Waals surface area contributed by atoms with Crippen molar-refractivity contribution in [2.45, 2.75) is 0 Å². The first kappa shape index (κ1) is 12.5. The van der Waals surface area contributed by atoms with Gasteiger partial charge >= 0.3 is 0 Å². The Morgan fingerprint density at radius 1 is 1.28 bits per heavy atom. The van der Waals surface area contributed by atoms with Crippen molar-refractivity contribution in [1.29, 1.82) is 0 Å². The highest BCUT2D eigenvalue weighted by atomic mass is 35.5. The molecule has 0 atom stereocenters. The molecule has 2 aromatic rings. The lowest BCUT2D eigenvalue weighted by Gasteiger charge is -2.07. The smallest absolute Gasteiger partial charge is 0.251 e. The van der Waals surface area contributed by atoms with E-state index < -0.39 is 0 Å². The molecule has 92 valence electrons. The third-order valence-corrected chi connectivity index (χ3v) is 2.59. The quantitative estimate of drug-likeness (QED) is 0.901. The molecule has 4 heteroatoms. The summed E-state index contributed by atoms with van der Waals surface area (Å²) in [5, 5.41) is 3.10. The Labute approximate surface area is 111 Å². The summed E-state index contributed by atoms with van der Waals surface area (Å²) in [7, 11) is 0. The van der Waals surface area contributed by atoms with Crippen LogP contribution < -0.4 is 5.32 Å². The van der Waals surface area contributed by atoms with Crippen LogP contribution in [0.25, 0.3) is 5.69 Å². The van der Waals surface area contributed by atoms with Gasteiger partial charge in [-0.05, 0) is 30.3 Å². The first-order valence-corrected chi connectivity index (χ1v) is 5.89. The lowest BCUT2D eigenvalue weighted by Crippen LogP contribution is -2.24. The molecule has 0 aliphatic carbocycles. The molecule has 0 saturated carbocycles. The third kappa shape index (κ3) is 3.02. The van der Waals surface area contributed by atoms with Crippen LogP contribution in [0.3, 0.4) is 0 Å². The molecule has 3 nitrogen and oxygen atoms in total. The monoisotopic (exact) mass is 260 g/mol. The molecule has 0 bridgehead atoms. The van der Waals surface area contributed by atoms with Crippen molar-refractivity contribution in [2.75, 3.05) is 6.54 Å². The van der Waals surface area contributed by atoms with Crippen molar-refractivity contribution in [3.63, 3.8) is 0 Å². The van der Waals surface area contributed by atoms with E-state index in [0.29, 0.717) is 10.6 Å². The lowest BCUT2D eigenvalue weighted by atomic mass is 10.2. The Hall–Kier alpha value is -2.00. The van der Waals surface area contributed by atoms with Crippen LogP contribution in [-0.4, -0.2) is 17.0 Å². The fourth-order valence-corrected chi connectivity index (χ4v) is 1.66. The number of nitrogens with one attached hydrogen (secondary N) is 1. The maximum Gasteiger partial charge on any atom is 0.251 e. The van der Waals surface area contributed by atoms with Crippen molar-refractivity contribution in [1.82, 2.24) is 9.88 Å². The molecule has 0 aliphatic heterocycles. The van der Waals surface area contributed by atoms with Crippen molar-refractivity contribution >= 4 is 17.5 Å². The van der Waals surface area contributed by atoms with E-state index in [4.69, 9.17) is 11.6 Å². The molecular formula is C14H13ClN2O. The lowest BCUT2D eigenvalue weighted by molar-refractivity contribution is 0.0957. The van der Waals surface area contributed by atoms with E-state index in [0.717, 1.165) is 5.69 Å². The minimum atomic E-state index is -0.161. The molecule has 1 aromatic heterocycles. The van der Waals surface area contributed by atoms with E-state index in [9.17, 15) is 4.79 Å². The van der Waals surface area contributed by atoms with Crippen LogP contribution in [0.5, 0.6) is 0 Å². The van der Waals surface area contributed by atoms with Crippen LogP contribution in [0.4, 0.5) is 0 Å². The Bertz CT molecular complexity index is 561. The largest absolute Gasteiger partial charge is 0.347 e. The van der Waals surface area contributed by atoms with Gasteiger partial charge in [0.1, 0.15) is 0 Å². The number of nitrogens with zero attached hydrogens (tertiary/aromatic N) is 1. The van der Waals surface area contributed by atoms with Gasteiger partial charge in [-0.15, -0.1) is 0 Å². The summed E-state index contributed by atoms with van der Waals surface area (Å²) in [6.07, 6.45) is 3.86. The van der Waals surface area contributed by atoms with Crippen LogP contribution in [0, 0.1) is 0 Å². The Morgan fingerprint density at radius 2 is 2.00 bits per heavy atom. The van der Waals surface area contributed by atoms with Crippen molar-refractivity contribution in [3.8, 4) is 5.69 Å². The zero-order chi connectivity index (χ0) is 13.0. The highest BCUT2D eigenvalue weighted by Gasteiger charge is 2.06. The van der Waals surface area contributed by atoms with E-state index >= 15 is 0 Å². The summed E-state index contributed by atoms with van der Waals surface area (Å²) in [6.45, 7) is 3.80. The standard InChI is InChI=1S/C14H13ClN2O/c1-11(15)10-16-14(18)12-5-4-6-13(9-12)17-7-2-3-8-17/h2-9H,1,10H2,(H,16,18). The number of hydrogen-bond donors (Lipinski definition) is 1. The summed E-state index contributed by atoms with van der Waals surface area (Å²) in [6, 6.07) is 11.2. The van der Waals surface area contributed by atoms with Crippen LogP contribution in [0.1, 0.15) is 10.4 Å². The second-order valence-electron chi connectivity index (χ2n) is 3.84. The van der Waals surface area contributed by atoms with Crippen molar-refractivity contribution < 1.29 is 4.79 Å². The molecule has 1 heterocycles. The highest BCUT2D eigenvalue weighted by molar-refractivity contribution is 6.29. The van der Waals surface area contributed by atoms with Gasteiger partial charge in [-0.2, -0.15) is 0 Å². The summed E-state index contributed by atoms with van der Waals surface area (Å²) >= 11 is 5.61. The van der Waals surface area contributed by atoms with Gasteiger partial charge < -0.3 is 9.88 Å². The number of amides is 1. The van der Waals surface area contributed by atoms with Gasteiger partial charge in [0.05, 0.1) is 6.54 Å². The topological polar surface area (TPSA) is 34.0 Å². The molecule has 0 spiro atoms. The second-order valence-corrected chi connectivity index (χ2v) is 4.38. The average molecular weight is 261 g/mol. The van der Waals surface area contributed by atoms with Gasteiger partial charge in [0.15, 0.2) is 0 Å².